The molecule has 0 unspecified atom stereocenters. The first kappa shape index (κ1) is 19.9. The van der Waals surface area contributed by atoms with E-state index in [9.17, 15) is 0 Å². The van der Waals surface area contributed by atoms with Crippen LogP contribution in [0.3, 0.4) is 0 Å². The van der Waals surface area contributed by atoms with Crippen molar-refractivity contribution in [2.75, 3.05) is 20.3 Å². The number of hydrogen-bond acceptors (Lipinski definition) is 4. The lowest BCUT2D eigenvalue weighted by molar-refractivity contribution is -0.313. The average molecular weight is 373 g/mol. The summed E-state index contributed by atoms with van der Waals surface area (Å²) in [5.74, 6) is 0.325. The molecule has 1 aromatic heterocycles. The summed E-state index contributed by atoms with van der Waals surface area (Å²) >= 11 is 0. The number of benzene rings is 1. The molecule has 1 aromatic carbocycles. The van der Waals surface area contributed by atoms with Crippen molar-refractivity contribution >= 4 is 0 Å². The number of aromatic nitrogens is 2. The van der Waals surface area contributed by atoms with E-state index in [2.05, 4.69) is 35.5 Å². The number of aryl methyl sites for hydroxylation is 1. The molecule has 0 spiro atoms. The smallest absolute Gasteiger partial charge is 0.186 e. The Labute approximate surface area is 162 Å². The zero-order chi connectivity index (χ0) is 19.2. The van der Waals surface area contributed by atoms with Crippen LogP contribution in [-0.2, 0) is 22.4 Å². The van der Waals surface area contributed by atoms with Gasteiger partial charge in [-0.05, 0) is 43.4 Å². The third-order valence-electron chi connectivity index (χ3n) is 5.95. The van der Waals surface area contributed by atoms with Crippen LogP contribution < -0.4 is 4.74 Å². The Morgan fingerprint density at radius 3 is 2.37 bits per heavy atom. The molecule has 148 valence electrons. The van der Waals surface area contributed by atoms with Gasteiger partial charge in [0.25, 0.3) is 0 Å². The number of ether oxygens (including phenoxy) is 3. The van der Waals surface area contributed by atoms with Crippen molar-refractivity contribution in [1.29, 1.82) is 0 Å². The largest absolute Gasteiger partial charge is 0.497 e. The second kappa shape index (κ2) is 8.89. The minimum absolute atomic E-state index is 0.147. The van der Waals surface area contributed by atoms with E-state index in [1.54, 1.807) is 13.3 Å². The van der Waals surface area contributed by atoms with E-state index in [0.29, 0.717) is 6.54 Å². The molecule has 5 nitrogen and oxygen atoms in total. The topological polar surface area (TPSA) is 45.5 Å². The molecule has 0 bridgehead atoms. The first-order valence-corrected chi connectivity index (χ1v) is 9.99. The standard InChI is InChI=1S/C22H32N2O3/c1-4-21(5-2)16-26-22(27-17-21,15-24-14-13-23-18-24)12-6-7-19-8-10-20(25-3)11-9-19/h8-11,13-14,18H,4-7,12,15-17H2,1-3H3. The maximum atomic E-state index is 6.42. The summed E-state index contributed by atoms with van der Waals surface area (Å²) in [7, 11) is 1.69. The lowest BCUT2D eigenvalue weighted by Gasteiger charge is -2.46. The lowest BCUT2D eigenvalue weighted by Crippen LogP contribution is -2.51. The highest BCUT2D eigenvalue weighted by Crippen LogP contribution is 2.38. The summed E-state index contributed by atoms with van der Waals surface area (Å²) in [5.41, 5.74) is 1.45. The van der Waals surface area contributed by atoms with Gasteiger partial charge in [0.15, 0.2) is 5.79 Å². The molecule has 0 atom stereocenters. The maximum absolute atomic E-state index is 6.42. The van der Waals surface area contributed by atoms with Gasteiger partial charge in [0.05, 0.1) is 33.2 Å². The summed E-state index contributed by atoms with van der Waals surface area (Å²) in [6, 6.07) is 8.29. The lowest BCUT2D eigenvalue weighted by atomic mass is 9.83. The molecule has 1 saturated heterocycles. The second-order valence-electron chi connectivity index (χ2n) is 7.63. The van der Waals surface area contributed by atoms with Crippen molar-refractivity contribution in [3.8, 4) is 5.75 Å². The van der Waals surface area contributed by atoms with E-state index in [-0.39, 0.29) is 5.41 Å². The van der Waals surface area contributed by atoms with E-state index in [4.69, 9.17) is 14.2 Å². The van der Waals surface area contributed by atoms with Crippen molar-refractivity contribution in [3.63, 3.8) is 0 Å². The van der Waals surface area contributed by atoms with Crippen molar-refractivity contribution in [3.05, 3.63) is 48.5 Å². The third kappa shape index (κ3) is 4.90. The molecule has 0 radical (unpaired) electrons. The zero-order valence-corrected chi connectivity index (χ0v) is 16.8. The Balaban J connectivity index is 1.63. The molecule has 1 aliphatic rings. The molecule has 27 heavy (non-hydrogen) atoms. The maximum Gasteiger partial charge on any atom is 0.186 e. The molecule has 0 amide bonds. The van der Waals surface area contributed by atoms with E-state index in [1.807, 2.05) is 24.7 Å². The van der Waals surface area contributed by atoms with Crippen molar-refractivity contribution < 1.29 is 14.2 Å². The average Bonchev–Trinajstić information content (AvgIpc) is 3.22. The molecule has 2 heterocycles. The number of imidazole rings is 1. The van der Waals surface area contributed by atoms with Crippen LogP contribution >= 0.6 is 0 Å². The fraction of sp³-hybridized carbons (Fsp3) is 0.591. The van der Waals surface area contributed by atoms with Gasteiger partial charge in [-0.25, -0.2) is 4.98 Å². The van der Waals surface area contributed by atoms with Crippen LogP contribution in [-0.4, -0.2) is 35.7 Å². The molecule has 5 heteroatoms. The summed E-state index contributed by atoms with van der Waals surface area (Å²) < 4.78 is 20.1. The first-order chi connectivity index (χ1) is 13.1. The second-order valence-corrected chi connectivity index (χ2v) is 7.63. The molecule has 0 saturated carbocycles. The molecular weight excluding hydrogens is 340 g/mol. The van der Waals surface area contributed by atoms with Crippen LogP contribution in [0.1, 0.15) is 45.1 Å². The number of methoxy groups -OCH3 is 1. The predicted molar refractivity (Wildman–Crippen MR) is 106 cm³/mol. The Morgan fingerprint density at radius 2 is 1.81 bits per heavy atom. The minimum atomic E-state index is -0.568. The Kier molecular flexibility index (Phi) is 6.55. The van der Waals surface area contributed by atoms with Crippen LogP contribution in [0.25, 0.3) is 0 Å². The monoisotopic (exact) mass is 372 g/mol. The van der Waals surface area contributed by atoms with Crippen LogP contribution in [0.5, 0.6) is 5.75 Å². The highest BCUT2D eigenvalue weighted by molar-refractivity contribution is 5.27. The Morgan fingerprint density at radius 1 is 1.11 bits per heavy atom. The fourth-order valence-electron chi connectivity index (χ4n) is 3.64. The van der Waals surface area contributed by atoms with Gasteiger partial charge in [-0.1, -0.05) is 26.0 Å². The molecule has 1 fully saturated rings. The van der Waals surface area contributed by atoms with Crippen LogP contribution in [0.15, 0.2) is 43.0 Å². The van der Waals surface area contributed by atoms with Gasteiger partial charge >= 0.3 is 0 Å². The Hall–Kier alpha value is -1.85. The van der Waals surface area contributed by atoms with E-state index >= 15 is 0 Å². The third-order valence-corrected chi connectivity index (χ3v) is 5.95. The van der Waals surface area contributed by atoms with E-state index in [1.165, 1.54) is 5.56 Å². The summed E-state index contributed by atoms with van der Waals surface area (Å²) in [6.07, 6.45) is 10.6. The SMILES string of the molecule is CCC1(CC)COC(CCCc2ccc(OC)cc2)(Cn2ccnc2)OC1. The number of hydrogen-bond donors (Lipinski definition) is 0. The van der Waals surface area contributed by atoms with Gasteiger partial charge in [-0.3, -0.25) is 0 Å². The molecule has 2 aromatic rings. The Bertz CT molecular complexity index is 668. The molecular formula is C22H32N2O3. The molecule has 1 aliphatic heterocycles. The minimum Gasteiger partial charge on any atom is -0.497 e. The van der Waals surface area contributed by atoms with Gasteiger partial charge in [0.2, 0.25) is 0 Å². The van der Waals surface area contributed by atoms with Crippen molar-refractivity contribution in [2.24, 2.45) is 5.41 Å². The summed E-state index contributed by atoms with van der Waals surface area (Å²) in [4.78, 5) is 4.16. The number of rotatable bonds is 9. The van der Waals surface area contributed by atoms with Crippen LogP contribution in [0.2, 0.25) is 0 Å². The summed E-state index contributed by atoms with van der Waals surface area (Å²) in [6.45, 7) is 6.65. The quantitative estimate of drug-likeness (QED) is 0.652. The predicted octanol–water partition coefficient (Wildman–Crippen LogP) is 4.46. The van der Waals surface area contributed by atoms with Gasteiger partial charge in [-0.2, -0.15) is 0 Å². The van der Waals surface area contributed by atoms with Crippen molar-refractivity contribution in [1.82, 2.24) is 9.55 Å². The van der Waals surface area contributed by atoms with Crippen LogP contribution in [0.4, 0.5) is 0 Å². The van der Waals surface area contributed by atoms with Crippen LogP contribution in [0, 0.1) is 5.41 Å². The van der Waals surface area contributed by atoms with Crippen molar-refractivity contribution in [2.45, 2.75) is 58.3 Å². The van der Waals surface area contributed by atoms with E-state index < -0.39 is 5.79 Å². The van der Waals surface area contributed by atoms with Gasteiger partial charge < -0.3 is 18.8 Å². The fourth-order valence-corrected chi connectivity index (χ4v) is 3.64. The van der Waals surface area contributed by atoms with Gasteiger partial charge in [0, 0.05) is 24.2 Å². The normalized spacial score (nSPS) is 18.3. The molecule has 3 rings (SSSR count). The number of nitrogens with zero attached hydrogens (tertiary/aromatic N) is 2. The van der Waals surface area contributed by atoms with Gasteiger partial charge in [0.1, 0.15) is 5.75 Å². The highest BCUT2D eigenvalue weighted by atomic mass is 16.7. The first-order valence-electron chi connectivity index (χ1n) is 9.99. The van der Waals surface area contributed by atoms with Gasteiger partial charge in [-0.15, -0.1) is 0 Å². The molecule has 0 aliphatic carbocycles. The van der Waals surface area contributed by atoms with E-state index in [0.717, 1.165) is 51.1 Å². The molecule has 0 N–H and O–H groups in total. The zero-order valence-electron chi connectivity index (χ0n) is 16.8. The highest BCUT2D eigenvalue weighted by Gasteiger charge is 2.43. The summed E-state index contributed by atoms with van der Waals surface area (Å²) in [5, 5.41) is 0.